The smallest absolute Gasteiger partial charge is 0.462 e. The number of aliphatic hydroxyl groups excluding tert-OH is 1. The van der Waals surface area contributed by atoms with Gasteiger partial charge in [-0.15, -0.1) is 0 Å². The Balaban J connectivity index is 5.41. The normalized spacial score (nSPS) is 14.6. The molecule has 0 saturated carbocycles. The number of unbranched alkanes of at least 4 members (excludes halogenated alkanes) is 28. The third-order valence-corrected chi connectivity index (χ3v) is 17.7. The van der Waals surface area contributed by atoms with Gasteiger partial charge in [0, 0.05) is 19.3 Å². The van der Waals surface area contributed by atoms with E-state index in [1.165, 1.54) is 89.9 Å². The first kappa shape index (κ1) is 93.7. The lowest BCUT2D eigenvalue weighted by Crippen LogP contribution is -2.30. The highest BCUT2D eigenvalue weighted by Crippen LogP contribution is 2.45. The number of phosphoric acid groups is 2. The summed E-state index contributed by atoms with van der Waals surface area (Å²) in [7, 11) is -9.98. The molecule has 0 aromatic rings. The molecule has 0 rings (SSSR count). The van der Waals surface area contributed by atoms with Gasteiger partial charge < -0.3 is 33.8 Å². The van der Waals surface area contributed by atoms with Crippen LogP contribution in [0.5, 0.6) is 0 Å². The Hall–Kier alpha value is -4.28. The molecule has 0 saturated heterocycles. The second-order valence-electron chi connectivity index (χ2n) is 25.2. The van der Waals surface area contributed by atoms with E-state index in [9.17, 15) is 43.2 Å². The van der Waals surface area contributed by atoms with Crippen molar-refractivity contribution in [2.45, 2.75) is 329 Å². The van der Waals surface area contributed by atoms with Crippen molar-refractivity contribution in [2.24, 2.45) is 0 Å². The number of hydrogen-bond acceptors (Lipinski definition) is 15. The van der Waals surface area contributed by atoms with Crippen LogP contribution in [0.3, 0.4) is 0 Å². The fraction of sp³-hybridized carbons (Fsp3) is 0.722. The number of phosphoric ester groups is 2. The molecule has 98 heavy (non-hydrogen) atoms. The third-order valence-electron chi connectivity index (χ3n) is 15.8. The average Bonchev–Trinajstić information content (AvgIpc) is 0.959. The van der Waals surface area contributed by atoms with Crippen LogP contribution in [0.2, 0.25) is 0 Å². The fourth-order valence-corrected chi connectivity index (χ4v) is 11.6. The molecule has 0 spiro atoms. The first-order chi connectivity index (χ1) is 47.7. The highest BCUT2D eigenvalue weighted by Gasteiger charge is 2.30. The van der Waals surface area contributed by atoms with Gasteiger partial charge in [-0.2, -0.15) is 0 Å². The molecule has 19 heteroatoms. The maximum atomic E-state index is 13.1. The zero-order valence-electron chi connectivity index (χ0n) is 61.4. The molecular formula is C79H136O17P2. The lowest BCUT2D eigenvalue weighted by Gasteiger charge is -2.21. The van der Waals surface area contributed by atoms with Gasteiger partial charge in [0.2, 0.25) is 0 Å². The summed E-state index contributed by atoms with van der Waals surface area (Å²) in [6.45, 7) is 4.51. The number of aliphatic hydroxyl groups is 1. The molecule has 0 aromatic heterocycles. The Kier molecular flexibility index (Phi) is 68.0. The van der Waals surface area contributed by atoms with Crippen molar-refractivity contribution in [1.29, 1.82) is 0 Å². The van der Waals surface area contributed by atoms with Gasteiger partial charge in [0.05, 0.1) is 32.8 Å². The summed E-state index contributed by atoms with van der Waals surface area (Å²) in [6, 6.07) is 0. The standard InChI is InChI=1S/C79H136O17P2/c1-5-9-13-17-21-25-29-33-36-40-43-47-51-55-59-63-76(81)89-69-74(95-78(83)65-61-57-53-49-45-39-32-28-24-20-16-12-8-4)71-93-97(85,86)91-67-73(80)68-92-98(87,88)94-72-75(96-79(84)66-62-58-54-50-46-42-38-35-31-27-23-19-15-11-7-3)70-90-77(82)64-60-56-52-48-44-41-37-34-30-26-22-18-14-10-6-2/h9-10,13-14,21-22,25-26,28,32-34,36-37,43,47,55,59,73-75,80H,5-8,11-12,15-20,23-24,27,29-31,35,38-42,44-46,48-54,56-58,60-72H2,1-4H3,(H,85,86)(H,87,88)/b13-9-,14-10-,25-21-,26-22-,32-28-,36-33-,37-34-,47-43-,59-55-. The highest BCUT2D eigenvalue weighted by molar-refractivity contribution is 7.47. The predicted molar refractivity (Wildman–Crippen MR) is 399 cm³/mol. The predicted octanol–water partition coefficient (Wildman–Crippen LogP) is 21.8. The summed E-state index contributed by atoms with van der Waals surface area (Å²) in [5, 5.41) is 10.6. The van der Waals surface area contributed by atoms with Gasteiger partial charge in [-0.25, -0.2) is 9.13 Å². The fourth-order valence-electron chi connectivity index (χ4n) is 10.0. The van der Waals surface area contributed by atoms with E-state index in [-0.39, 0.29) is 25.7 Å². The van der Waals surface area contributed by atoms with Crippen LogP contribution in [-0.4, -0.2) is 96.7 Å². The van der Waals surface area contributed by atoms with E-state index in [0.29, 0.717) is 25.7 Å². The van der Waals surface area contributed by atoms with Crippen LogP contribution < -0.4 is 0 Å². The number of allylic oxidation sites excluding steroid dienone is 17. The van der Waals surface area contributed by atoms with E-state index in [0.717, 1.165) is 141 Å². The molecule has 0 aliphatic heterocycles. The zero-order chi connectivity index (χ0) is 71.8. The second-order valence-corrected chi connectivity index (χ2v) is 28.1. The molecule has 17 nitrogen and oxygen atoms in total. The molecule has 3 N–H and O–H groups in total. The summed E-state index contributed by atoms with van der Waals surface area (Å²) in [6.07, 6.45) is 75.4. The minimum atomic E-state index is -4.99. The monoisotopic (exact) mass is 1420 g/mol. The molecule has 0 heterocycles. The average molecular weight is 1420 g/mol. The number of hydrogen-bond donors (Lipinski definition) is 3. The van der Waals surface area contributed by atoms with E-state index in [1.54, 1.807) is 6.08 Å². The van der Waals surface area contributed by atoms with Crippen LogP contribution in [0, 0.1) is 0 Å². The molecule has 0 aliphatic rings. The summed E-state index contributed by atoms with van der Waals surface area (Å²) >= 11 is 0. The first-order valence-corrected chi connectivity index (χ1v) is 41.1. The van der Waals surface area contributed by atoms with Crippen molar-refractivity contribution in [3.8, 4) is 0 Å². The molecule has 0 aliphatic carbocycles. The minimum absolute atomic E-state index is 0.0647. The number of esters is 4. The van der Waals surface area contributed by atoms with E-state index < -0.39 is 97.5 Å². The van der Waals surface area contributed by atoms with Crippen LogP contribution in [-0.2, 0) is 65.4 Å². The van der Waals surface area contributed by atoms with E-state index >= 15 is 0 Å². The Morgan fingerprint density at radius 2 is 0.571 bits per heavy atom. The number of carbonyl (C=O) groups excluding carboxylic acids is 4. The minimum Gasteiger partial charge on any atom is -0.462 e. The summed E-state index contributed by atoms with van der Waals surface area (Å²) in [4.78, 5) is 72.8. The number of rotatable bonds is 71. The molecule has 0 aromatic carbocycles. The zero-order valence-corrected chi connectivity index (χ0v) is 63.2. The van der Waals surface area contributed by atoms with Crippen molar-refractivity contribution >= 4 is 39.5 Å². The van der Waals surface area contributed by atoms with E-state index in [1.807, 2.05) is 18.2 Å². The maximum Gasteiger partial charge on any atom is 0.472 e. The quantitative estimate of drug-likeness (QED) is 0.0169. The molecule has 5 atom stereocenters. The van der Waals surface area contributed by atoms with Crippen molar-refractivity contribution in [3.63, 3.8) is 0 Å². The molecule has 0 amide bonds. The van der Waals surface area contributed by atoms with Gasteiger partial charge in [-0.05, 0) is 109 Å². The Morgan fingerprint density at radius 3 is 0.929 bits per heavy atom. The summed E-state index contributed by atoms with van der Waals surface area (Å²) < 4.78 is 68.3. The van der Waals surface area contributed by atoms with Crippen molar-refractivity contribution in [3.05, 3.63) is 109 Å². The molecule has 0 bridgehead atoms. The van der Waals surface area contributed by atoms with Gasteiger partial charge in [0.1, 0.15) is 19.3 Å². The summed E-state index contributed by atoms with van der Waals surface area (Å²) in [5.74, 6) is -2.34. The molecule has 0 radical (unpaired) electrons. The van der Waals surface area contributed by atoms with E-state index in [4.69, 9.17) is 37.0 Å². The number of carbonyl (C=O) groups is 4. The van der Waals surface area contributed by atoms with Gasteiger partial charge >= 0.3 is 39.5 Å². The highest BCUT2D eigenvalue weighted by atomic mass is 31.2. The molecule has 564 valence electrons. The Labute approximate surface area is 594 Å². The van der Waals surface area contributed by atoms with Crippen molar-refractivity contribution < 1.29 is 80.2 Å². The van der Waals surface area contributed by atoms with Crippen LogP contribution in [0.1, 0.15) is 310 Å². The Bertz CT molecular complexity index is 2290. The topological polar surface area (TPSA) is 237 Å². The third kappa shape index (κ3) is 70.2. The van der Waals surface area contributed by atoms with Crippen molar-refractivity contribution in [2.75, 3.05) is 39.6 Å². The first-order valence-electron chi connectivity index (χ1n) is 38.1. The van der Waals surface area contributed by atoms with Crippen LogP contribution in [0.4, 0.5) is 0 Å². The van der Waals surface area contributed by atoms with Gasteiger partial charge in [0.25, 0.3) is 0 Å². The second kappa shape index (κ2) is 71.1. The number of ether oxygens (including phenoxy) is 4. The van der Waals surface area contributed by atoms with Gasteiger partial charge in [-0.1, -0.05) is 285 Å². The van der Waals surface area contributed by atoms with Gasteiger partial charge in [-0.3, -0.25) is 37.3 Å². The van der Waals surface area contributed by atoms with Gasteiger partial charge in [0.15, 0.2) is 12.2 Å². The van der Waals surface area contributed by atoms with Crippen LogP contribution >= 0.6 is 15.6 Å². The lowest BCUT2D eigenvalue weighted by atomic mass is 10.0. The molecular weight excluding hydrogens is 1280 g/mol. The summed E-state index contributed by atoms with van der Waals surface area (Å²) in [5.41, 5.74) is 0. The SMILES string of the molecule is CC/C=C\C/C=C\C/C=C\C/C=C\C/C=C\CC(=O)OCC(COP(=O)(O)OCC(O)COP(=O)(O)OCC(COC(=O)CCCCCCC/C=C\C/C=C\C/C=C\CC)OC(=O)CCCCCCCCCCCCCCCCC)OC(=O)CCCCCCC/C=C\CCCCCC. The van der Waals surface area contributed by atoms with E-state index in [2.05, 4.69) is 113 Å². The van der Waals surface area contributed by atoms with Crippen molar-refractivity contribution in [1.82, 2.24) is 0 Å². The maximum absolute atomic E-state index is 13.1. The molecule has 0 fully saturated rings. The molecule has 5 unspecified atom stereocenters. The van der Waals surface area contributed by atoms with Crippen LogP contribution in [0.15, 0.2) is 109 Å². The van der Waals surface area contributed by atoms with Crippen LogP contribution in [0.25, 0.3) is 0 Å². The Morgan fingerprint density at radius 1 is 0.306 bits per heavy atom. The lowest BCUT2D eigenvalue weighted by molar-refractivity contribution is -0.161. The largest absolute Gasteiger partial charge is 0.472 e.